The molecule has 53 heavy (non-hydrogen) atoms. The predicted octanol–water partition coefficient (Wildman–Crippen LogP) is 13.2. The molecule has 0 aromatic carbocycles. The van der Waals surface area contributed by atoms with E-state index in [1.54, 1.807) is 5.57 Å². The van der Waals surface area contributed by atoms with Crippen LogP contribution in [0.2, 0.25) is 36.3 Å². The second-order valence-electron chi connectivity index (χ2n) is 21.4. The van der Waals surface area contributed by atoms with Crippen LogP contribution < -0.4 is 0 Å². The van der Waals surface area contributed by atoms with E-state index in [-0.39, 0.29) is 22.3 Å². The van der Waals surface area contributed by atoms with Crippen LogP contribution in [0.15, 0.2) is 46.1 Å². The van der Waals surface area contributed by atoms with Crippen molar-refractivity contribution in [2.45, 2.75) is 206 Å². The van der Waals surface area contributed by atoms with E-state index < -0.39 is 22.2 Å². The molecule has 0 saturated heterocycles. The summed E-state index contributed by atoms with van der Waals surface area (Å²) in [5.74, 6) is 4.23. The number of aliphatic hydroxyl groups is 1. The molecule has 1 unspecified atom stereocenters. The third-order valence-electron chi connectivity index (χ3n) is 15.3. The Morgan fingerprint density at radius 1 is 1.02 bits per heavy atom. The largest absolute Gasteiger partial charge is 0.443 e. The van der Waals surface area contributed by atoms with Gasteiger partial charge in [-0.25, -0.2) is 4.98 Å². The average Bonchev–Trinajstić information content (AvgIpc) is 3.68. The Morgan fingerprint density at radius 3 is 2.32 bits per heavy atom. The zero-order valence-electron chi connectivity index (χ0n) is 36.4. The van der Waals surface area contributed by atoms with Crippen molar-refractivity contribution in [2.75, 3.05) is 0 Å². The van der Waals surface area contributed by atoms with E-state index >= 15 is 0 Å². The lowest BCUT2D eigenvalue weighted by Gasteiger charge is -2.50. The Morgan fingerprint density at radius 2 is 1.70 bits per heavy atom. The fraction of sp³-hybridized carbons (Fsp3) is 0.804. The molecule has 0 radical (unpaired) electrons. The van der Waals surface area contributed by atoms with E-state index in [2.05, 4.69) is 101 Å². The molecule has 1 N–H and O–H groups in total. The summed E-state index contributed by atoms with van der Waals surface area (Å²) in [5, 5.41) is 10.7. The van der Waals surface area contributed by atoms with E-state index in [0.717, 1.165) is 49.4 Å². The summed E-state index contributed by atoms with van der Waals surface area (Å²) in [4.78, 5) is 5.03. The van der Waals surface area contributed by atoms with Crippen LogP contribution in [0.3, 0.4) is 0 Å². The molecule has 5 nitrogen and oxygen atoms in total. The van der Waals surface area contributed by atoms with Crippen LogP contribution in [0.5, 0.6) is 0 Å². The number of unbranched alkanes of at least 4 members (excludes halogenated alkanes) is 1. The SMILES string of the molecule is C=C1/C(=C\C=C2/CCC[C@]3(C)[C@@H]([C@H](C)CCC(O)C4CC4)CC[C@@H]23)C[C@](O[Si](C)(C)C(C)(C)C)(c2ncc(CCCC)o2)C[C@H]1O[Si](C)(C)C(C)(C)C. The molecular formula is C46H79NO4Si2. The standard InChI is InChI=1S/C46H79NO4Si2/c1-15-16-19-37-31-47-42(49-37)46(51-53(13,14)44(7,8)9)29-36(33(3)41(30-46)50-52(11,12)43(4,5)6)24-21-34-18-17-28-45(10)38(25-26-39(34)45)32(2)20-27-40(48)35-22-23-35/h21,24,31-32,35,38-41,48H,3,15-20,22-23,25-30H2,1-2,4-14H3/b34-21+,36-24-/t32-,38-,39+,40?,41-,45-,46-/m1/s1. The molecule has 0 bridgehead atoms. The van der Waals surface area contributed by atoms with Gasteiger partial charge in [0.15, 0.2) is 16.6 Å². The number of allylic oxidation sites excluding steroid dienone is 3. The fourth-order valence-electron chi connectivity index (χ4n) is 9.62. The number of hydrogen-bond donors (Lipinski definition) is 1. The number of rotatable bonds is 14. The van der Waals surface area contributed by atoms with E-state index in [1.165, 1.54) is 50.5 Å². The summed E-state index contributed by atoms with van der Waals surface area (Å²) in [6.07, 6.45) is 22.0. The van der Waals surface area contributed by atoms with Crippen molar-refractivity contribution < 1.29 is 18.4 Å². The van der Waals surface area contributed by atoms with Crippen LogP contribution in [0.25, 0.3) is 0 Å². The highest BCUT2D eigenvalue weighted by Crippen LogP contribution is 2.60. The first kappa shape index (κ1) is 42.9. The summed E-state index contributed by atoms with van der Waals surface area (Å²) < 4.78 is 21.7. The molecule has 7 atom stereocenters. The van der Waals surface area contributed by atoms with Gasteiger partial charge in [-0.2, -0.15) is 0 Å². The lowest BCUT2D eigenvalue weighted by molar-refractivity contribution is -0.0234. The number of fused-ring (bicyclic) bond motifs is 1. The quantitative estimate of drug-likeness (QED) is 0.191. The molecular weight excluding hydrogens is 687 g/mol. The van der Waals surface area contributed by atoms with Crippen molar-refractivity contribution >= 4 is 16.6 Å². The van der Waals surface area contributed by atoms with Crippen molar-refractivity contribution in [3.8, 4) is 0 Å². The highest BCUT2D eigenvalue weighted by atomic mass is 28.4. The molecule has 4 saturated carbocycles. The van der Waals surface area contributed by atoms with Crippen molar-refractivity contribution in [3.05, 3.63) is 53.3 Å². The summed E-state index contributed by atoms with van der Waals surface area (Å²) >= 11 is 0. The van der Waals surface area contributed by atoms with Gasteiger partial charge < -0.3 is 18.4 Å². The first-order chi connectivity index (χ1) is 24.5. The molecule has 7 heteroatoms. The lowest BCUT2D eigenvalue weighted by atomic mass is 9.60. The van der Waals surface area contributed by atoms with Crippen molar-refractivity contribution in [1.82, 2.24) is 4.98 Å². The minimum Gasteiger partial charge on any atom is -0.443 e. The molecule has 300 valence electrons. The van der Waals surface area contributed by atoms with Crippen molar-refractivity contribution in [3.63, 3.8) is 0 Å². The summed E-state index contributed by atoms with van der Waals surface area (Å²) in [7, 11) is -4.46. The number of nitrogens with zero attached hydrogens (tertiary/aromatic N) is 1. The zero-order chi connectivity index (χ0) is 39.2. The summed E-state index contributed by atoms with van der Waals surface area (Å²) in [6, 6.07) is 0. The maximum absolute atomic E-state index is 10.7. The topological polar surface area (TPSA) is 64.7 Å². The van der Waals surface area contributed by atoms with E-state index in [4.69, 9.17) is 24.8 Å². The van der Waals surface area contributed by atoms with Gasteiger partial charge in [-0.1, -0.05) is 93.0 Å². The van der Waals surface area contributed by atoms with Gasteiger partial charge in [0, 0.05) is 19.3 Å². The van der Waals surface area contributed by atoms with Gasteiger partial charge in [0.05, 0.1) is 18.4 Å². The van der Waals surface area contributed by atoms with Gasteiger partial charge in [0.25, 0.3) is 0 Å². The highest BCUT2D eigenvalue weighted by molar-refractivity contribution is 6.74. The van der Waals surface area contributed by atoms with Gasteiger partial charge in [-0.05, 0) is 141 Å². The molecule has 1 aromatic heterocycles. The predicted molar refractivity (Wildman–Crippen MR) is 227 cm³/mol. The van der Waals surface area contributed by atoms with Gasteiger partial charge in [-0.3, -0.25) is 0 Å². The van der Waals surface area contributed by atoms with Crippen LogP contribution in [-0.4, -0.2) is 38.9 Å². The second-order valence-corrected chi connectivity index (χ2v) is 30.8. The maximum atomic E-state index is 10.7. The summed E-state index contributed by atoms with van der Waals surface area (Å²) in [5.41, 5.74) is 3.54. The zero-order valence-corrected chi connectivity index (χ0v) is 38.4. The molecule has 0 spiro atoms. The van der Waals surface area contributed by atoms with Crippen LogP contribution in [0.1, 0.15) is 157 Å². The second kappa shape index (κ2) is 15.9. The van der Waals surface area contributed by atoms with Crippen LogP contribution in [-0.2, 0) is 20.9 Å². The van der Waals surface area contributed by atoms with E-state index in [1.807, 2.05) is 6.20 Å². The normalized spacial score (nSPS) is 31.7. The maximum Gasteiger partial charge on any atom is 0.225 e. The van der Waals surface area contributed by atoms with Gasteiger partial charge in [-0.15, -0.1) is 0 Å². The Balaban J connectivity index is 1.52. The molecule has 1 aromatic rings. The molecule has 1 heterocycles. The number of aliphatic hydroxyl groups excluding tert-OH is 1. The van der Waals surface area contributed by atoms with Crippen LogP contribution in [0.4, 0.5) is 0 Å². The monoisotopic (exact) mass is 766 g/mol. The first-order valence-electron chi connectivity index (χ1n) is 21.6. The Bertz CT molecular complexity index is 1490. The minimum absolute atomic E-state index is 0.0203. The number of oxazole rings is 1. The van der Waals surface area contributed by atoms with Gasteiger partial charge in [0.2, 0.25) is 5.89 Å². The molecule has 0 aliphatic heterocycles. The molecule has 4 aliphatic rings. The van der Waals surface area contributed by atoms with Crippen LogP contribution >= 0.6 is 0 Å². The first-order valence-corrected chi connectivity index (χ1v) is 27.5. The minimum atomic E-state index is -2.29. The molecule has 5 rings (SSSR count). The van der Waals surface area contributed by atoms with E-state index in [9.17, 15) is 5.11 Å². The number of hydrogen-bond acceptors (Lipinski definition) is 5. The summed E-state index contributed by atoms with van der Waals surface area (Å²) in [6.45, 7) is 35.5. The van der Waals surface area contributed by atoms with Crippen LogP contribution in [0, 0.1) is 29.1 Å². The van der Waals surface area contributed by atoms with Crippen molar-refractivity contribution in [1.29, 1.82) is 0 Å². The number of aromatic nitrogens is 1. The third-order valence-corrected chi connectivity index (χ3v) is 24.3. The van der Waals surface area contributed by atoms with E-state index in [0.29, 0.717) is 41.9 Å². The Kier molecular flexibility index (Phi) is 12.9. The third kappa shape index (κ3) is 9.32. The Hall–Kier alpha value is -1.26. The molecule has 4 aliphatic carbocycles. The van der Waals surface area contributed by atoms with Gasteiger partial charge >= 0.3 is 0 Å². The smallest absolute Gasteiger partial charge is 0.225 e. The lowest BCUT2D eigenvalue weighted by Crippen LogP contribution is -2.53. The molecule has 4 fully saturated rings. The molecule has 0 amide bonds. The number of aryl methyl sites for hydroxylation is 1. The fourth-order valence-corrected chi connectivity index (χ4v) is 12.4. The average molecular weight is 766 g/mol. The highest BCUT2D eigenvalue weighted by Gasteiger charge is 2.54. The van der Waals surface area contributed by atoms with Crippen molar-refractivity contribution in [2.24, 2.45) is 29.1 Å². The Labute approximate surface area is 327 Å². The van der Waals surface area contributed by atoms with Gasteiger partial charge in [0.1, 0.15) is 11.4 Å².